The summed E-state index contributed by atoms with van der Waals surface area (Å²) in [5, 5.41) is 1.07. The average molecular weight is 209 g/mol. The minimum atomic E-state index is 0.714. The molecule has 2 N–H and O–H groups in total. The number of nitrogen functional groups attached to an aromatic ring is 1. The van der Waals surface area contributed by atoms with Crippen LogP contribution in [-0.4, -0.2) is 9.55 Å². The molecule has 1 aromatic carbocycles. The minimum absolute atomic E-state index is 0.714. The lowest BCUT2D eigenvalue weighted by molar-refractivity contribution is 1.09. The van der Waals surface area contributed by atoms with Gasteiger partial charge in [0.05, 0.1) is 16.9 Å². The molecule has 0 bridgehead atoms. The number of hydrogen-bond donors (Lipinski definition) is 1. The molecule has 0 radical (unpaired) electrons. The number of benzene rings is 1. The minimum Gasteiger partial charge on any atom is -0.397 e. The van der Waals surface area contributed by atoms with Crippen molar-refractivity contribution >= 4 is 16.6 Å². The van der Waals surface area contributed by atoms with E-state index in [2.05, 4.69) is 9.55 Å². The Balaban J connectivity index is 2.39. The fraction of sp³-hybridized carbons (Fsp3) is 0. The van der Waals surface area contributed by atoms with Crippen molar-refractivity contribution in [2.75, 3.05) is 5.73 Å². The van der Waals surface area contributed by atoms with Gasteiger partial charge >= 0.3 is 0 Å². The van der Waals surface area contributed by atoms with E-state index in [0.717, 1.165) is 16.6 Å². The van der Waals surface area contributed by atoms with Gasteiger partial charge in [-0.3, -0.25) is 4.98 Å². The van der Waals surface area contributed by atoms with E-state index in [0.29, 0.717) is 5.69 Å². The molecule has 3 heteroatoms. The molecule has 0 amide bonds. The third-order valence-corrected chi connectivity index (χ3v) is 2.66. The molecule has 0 aliphatic carbocycles. The van der Waals surface area contributed by atoms with Crippen LogP contribution in [0.5, 0.6) is 0 Å². The van der Waals surface area contributed by atoms with E-state index in [4.69, 9.17) is 5.73 Å². The van der Waals surface area contributed by atoms with Crippen LogP contribution in [0, 0.1) is 0 Å². The molecule has 0 aliphatic rings. The standard InChI is InChI=1S/C13H11N3/c14-11-5-6-12(16-8-1-2-9-16)10-4-3-7-15-13(10)11/h1-9H,14H2. The van der Waals surface area contributed by atoms with Gasteiger partial charge in [0, 0.05) is 24.0 Å². The first kappa shape index (κ1) is 8.97. The van der Waals surface area contributed by atoms with E-state index < -0.39 is 0 Å². The van der Waals surface area contributed by atoms with Gasteiger partial charge in [0.15, 0.2) is 0 Å². The van der Waals surface area contributed by atoms with Gasteiger partial charge in [0.1, 0.15) is 0 Å². The maximum atomic E-state index is 5.91. The zero-order valence-corrected chi connectivity index (χ0v) is 8.67. The van der Waals surface area contributed by atoms with Gasteiger partial charge in [-0.05, 0) is 36.4 Å². The van der Waals surface area contributed by atoms with Crippen molar-refractivity contribution in [1.29, 1.82) is 0 Å². The van der Waals surface area contributed by atoms with Crippen molar-refractivity contribution in [2.45, 2.75) is 0 Å². The predicted octanol–water partition coefficient (Wildman–Crippen LogP) is 2.61. The Morgan fingerprint density at radius 3 is 2.62 bits per heavy atom. The van der Waals surface area contributed by atoms with Crippen molar-refractivity contribution in [2.24, 2.45) is 0 Å². The number of pyridine rings is 1. The van der Waals surface area contributed by atoms with Crippen molar-refractivity contribution < 1.29 is 0 Å². The van der Waals surface area contributed by atoms with Gasteiger partial charge in [0.25, 0.3) is 0 Å². The third-order valence-electron chi connectivity index (χ3n) is 2.66. The molecule has 2 heterocycles. The van der Waals surface area contributed by atoms with E-state index in [9.17, 15) is 0 Å². The number of rotatable bonds is 1. The molecule has 3 aromatic rings. The van der Waals surface area contributed by atoms with Crippen LogP contribution in [0.15, 0.2) is 55.0 Å². The third kappa shape index (κ3) is 1.26. The molecule has 0 unspecified atom stereocenters. The second-order valence-corrected chi connectivity index (χ2v) is 3.66. The Labute approximate surface area is 93.1 Å². The molecule has 3 nitrogen and oxygen atoms in total. The molecule has 0 spiro atoms. The van der Waals surface area contributed by atoms with Crippen LogP contribution < -0.4 is 5.73 Å². The smallest absolute Gasteiger partial charge is 0.0952 e. The Bertz CT molecular complexity index is 627. The first-order valence-corrected chi connectivity index (χ1v) is 5.13. The van der Waals surface area contributed by atoms with Gasteiger partial charge in [-0.25, -0.2) is 0 Å². The van der Waals surface area contributed by atoms with Crippen molar-refractivity contribution in [3.63, 3.8) is 0 Å². The lowest BCUT2D eigenvalue weighted by Crippen LogP contribution is -1.95. The second-order valence-electron chi connectivity index (χ2n) is 3.66. The van der Waals surface area contributed by atoms with Crippen molar-refractivity contribution in [3.05, 3.63) is 55.0 Å². The van der Waals surface area contributed by atoms with Crippen LogP contribution in [0.2, 0.25) is 0 Å². The monoisotopic (exact) mass is 209 g/mol. The van der Waals surface area contributed by atoms with Gasteiger partial charge in [-0.15, -0.1) is 0 Å². The summed E-state index contributed by atoms with van der Waals surface area (Å²) in [6.07, 6.45) is 5.79. The maximum absolute atomic E-state index is 5.91. The molecule has 0 aliphatic heterocycles. The molecule has 3 rings (SSSR count). The number of nitrogens with zero attached hydrogens (tertiary/aromatic N) is 2. The SMILES string of the molecule is Nc1ccc(-n2cccc2)c2cccnc12. The average Bonchev–Trinajstić information content (AvgIpc) is 2.83. The number of fused-ring (bicyclic) bond motifs is 1. The molecule has 2 aromatic heterocycles. The summed E-state index contributed by atoms with van der Waals surface area (Å²) in [5.41, 5.74) is 8.58. The summed E-state index contributed by atoms with van der Waals surface area (Å²) in [5.74, 6) is 0. The van der Waals surface area contributed by atoms with E-state index in [1.807, 2.05) is 48.8 Å². The molecular formula is C13H11N3. The molecule has 16 heavy (non-hydrogen) atoms. The maximum Gasteiger partial charge on any atom is 0.0952 e. The Hall–Kier alpha value is -2.29. The Morgan fingerprint density at radius 2 is 1.81 bits per heavy atom. The van der Waals surface area contributed by atoms with Gasteiger partial charge < -0.3 is 10.3 Å². The zero-order valence-electron chi connectivity index (χ0n) is 8.67. The first-order valence-electron chi connectivity index (χ1n) is 5.13. The summed E-state index contributed by atoms with van der Waals surface area (Å²) >= 11 is 0. The topological polar surface area (TPSA) is 43.8 Å². The van der Waals surface area contributed by atoms with E-state index in [1.165, 1.54) is 0 Å². The van der Waals surface area contributed by atoms with Gasteiger partial charge in [-0.2, -0.15) is 0 Å². The molecule has 0 saturated carbocycles. The fourth-order valence-corrected chi connectivity index (χ4v) is 1.90. The summed E-state index contributed by atoms with van der Waals surface area (Å²) in [6.45, 7) is 0. The normalized spacial score (nSPS) is 10.8. The van der Waals surface area contributed by atoms with Crippen LogP contribution >= 0.6 is 0 Å². The number of anilines is 1. The van der Waals surface area contributed by atoms with Crippen LogP contribution in [0.1, 0.15) is 0 Å². The summed E-state index contributed by atoms with van der Waals surface area (Å²) < 4.78 is 2.06. The molecular weight excluding hydrogens is 198 g/mol. The highest BCUT2D eigenvalue weighted by atomic mass is 14.9. The highest BCUT2D eigenvalue weighted by Crippen LogP contribution is 2.25. The van der Waals surface area contributed by atoms with Crippen LogP contribution in [0.4, 0.5) is 5.69 Å². The van der Waals surface area contributed by atoms with Crippen molar-refractivity contribution in [3.8, 4) is 5.69 Å². The highest BCUT2D eigenvalue weighted by molar-refractivity contribution is 5.95. The first-order chi connectivity index (χ1) is 7.86. The van der Waals surface area contributed by atoms with E-state index >= 15 is 0 Å². The van der Waals surface area contributed by atoms with Crippen LogP contribution in [-0.2, 0) is 0 Å². The molecule has 0 fully saturated rings. The van der Waals surface area contributed by atoms with Crippen LogP contribution in [0.25, 0.3) is 16.6 Å². The van der Waals surface area contributed by atoms with Gasteiger partial charge in [0.2, 0.25) is 0 Å². The largest absolute Gasteiger partial charge is 0.397 e. The summed E-state index contributed by atoms with van der Waals surface area (Å²) in [6, 6.07) is 11.9. The lowest BCUT2D eigenvalue weighted by atomic mass is 10.1. The van der Waals surface area contributed by atoms with Gasteiger partial charge in [-0.1, -0.05) is 0 Å². The Morgan fingerprint density at radius 1 is 1.00 bits per heavy atom. The highest BCUT2D eigenvalue weighted by Gasteiger charge is 2.05. The summed E-state index contributed by atoms with van der Waals surface area (Å²) in [7, 11) is 0. The number of aromatic nitrogens is 2. The van der Waals surface area contributed by atoms with Crippen molar-refractivity contribution in [1.82, 2.24) is 9.55 Å². The van der Waals surface area contributed by atoms with E-state index in [-0.39, 0.29) is 0 Å². The quantitative estimate of drug-likeness (QED) is 0.626. The molecule has 0 atom stereocenters. The van der Waals surface area contributed by atoms with E-state index in [1.54, 1.807) is 6.20 Å². The number of hydrogen-bond acceptors (Lipinski definition) is 2. The zero-order chi connectivity index (χ0) is 11.0. The second kappa shape index (κ2) is 3.38. The number of nitrogens with two attached hydrogens (primary N) is 1. The Kier molecular flexibility index (Phi) is 1.90. The van der Waals surface area contributed by atoms with Crippen LogP contribution in [0.3, 0.4) is 0 Å². The lowest BCUT2D eigenvalue weighted by Gasteiger charge is -2.08. The predicted molar refractivity (Wildman–Crippen MR) is 65.5 cm³/mol. The molecule has 0 saturated heterocycles. The fourth-order valence-electron chi connectivity index (χ4n) is 1.90. The summed E-state index contributed by atoms with van der Waals surface area (Å²) in [4.78, 5) is 4.31. The molecule has 78 valence electrons.